The van der Waals surface area contributed by atoms with Gasteiger partial charge in [0.05, 0.1) is 7.06 Å². The van der Waals surface area contributed by atoms with Crippen molar-refractivity contribution in [2.24, 2.45) is 0 Å². The quantitative estimate of drug-likeness (QED) is 0.488. The minimum absolute atomic E-state index is 0.0699. The number of benzene rings is 2. The van der Waals surface area contributed by atoms with Crippen LogP contribution < -0.4 is 15.2 Å². The van der Waals surface area contributed by atoms with E-state index in [1.165, 1.54) is 17.0 Å². The summed E-state index contributed by atoms with van der Waals surface area (Å²) < 4.78 is 34.3. The number of hydrogen-bond donors (Lipinski definition) is 3. The van der Waals surface area contributed by atoms with Gasteiger partial charge in [-0.15, -0.1) is 5.09 Å². The van der Waals surface area contributed by atoms with E-state index in [9.17, 15) is 4.79 Å². The molecule has 6 nitrogen and oxygen atoms in total. The van der Waals surface area contributed by atoms with E-state index >= 15 is 0 Å². The molecule has 0 spiro atoms. The van der Waals surface area contributed by atoms with Gasteiger partial charge in [0.1, 0.15) is 11.4 Å². The van der Waals surface area contributed by atoms with Gasteiger partial charge in [-0.05, 0) is 37.3 Å². The number of nitrogens with one attached hydrogen (secondary N) is 3. The molecule has 1 aromatic heterocycles. The molecule has 4 rings (SSSR count). The summed E-state index contributed by atoms with van der Waals surface area (Å²) in [6.07, 6.45) is 1.35. The maximum absolute atomic E-state index is 12.8. The van der Waals surface area contributed by atoms with Crippen LogP contribution in [0, 0.1) is 6.92 Å². The Morgan fingerprint density at radius 2 is 2.20 bits per heavy atom. The van der Waals surface area contributed by atoms with Crippen molar-refractivity contribution in [3.8, 4) is 5.69 Å². The van der Waals surface area contributed by atoms with E-state index in [2.05, 4.69) is 5.10 Å². The molecule has 0 fully saturated rings. The molecule has 2 aromatic carbocycles. The number of nitrogens with zero attached hydrogens (tertiary/aromatic N) is 2. The molecule has 25 heavy (non-hydrogen) atoms. The molecule has 0 radical (unpaired) electrons. The fraction of sp³-hybridized carbons (Fsp3) is 0.0556. The minimum Gasteiger partial charge on any atom is -0.347 e. The van der Waals surface area contributed by atoms with Gasteiger partial charge in [0.15, 0.2) is 2.82 Å². The van der Waals surface area contributed by atoms with Gasteiger partial charge in [0.2, 0.25) is 6.33 Å². The molecular formula is C18H15ClN5O+. The van der Waals surface area contributed by atoms with E-state index < -0.39 is 12.0 Å². The number of H-pyrrole nitrogens is 1. The molecule has 1 aliphatic rings. The van der Waals surface area contributed by atoms with Gasteiger partial charge in [-0.25, -0.2) is 0 Å². The lowest BCUT2D eigenvalue weighted by Crippen LogP contribution is -2.38. The van der Waals surface area contributed by atoms with Crippen LogP contribution in [0.25, 0.3) is 11.4 Å². The number of aromatic nitrogens is 3. The van der Waals surface area contributed by atoms with E-state index in [0.717, 1.165) is 16.0 Å². The average molecular weight is 357 g/mol. The fourth-order valence-corrected chi connectivity index (χ4v) is 2.65. The molecule has 7 heteroatoms. The molecule has 0 bridgehead atoms. The zero-order valence-electron chi connectivity index (χ0n) is 17.1. The van der Waals surface area contributed by atoms with Crippen LogP contribution in [0.3, 0.4) is 0 Å². The molecule has 0 saturated heterocycles. The summed E-state index contributed by atoms with van der Waals surface area (Å²) in [6.45, 7) is 1.89. The first-order chi connectivity index (χ1) is 13.8. The van der Waals surface area contributed by atoms with Crippen molar-refractivity contribution in [1.82, 2.24) is 10.2 Å². The molecule has 3 N–H and O–H groups in total. The van der Waals surface area contributed by atoms with Crippen LogP contribution >= 0.6 is 11.6 Å². The van der Waals surface area contributed by atoms with Gasteiger partial charge in [0.25, 0.3) is 5.91 Å². The van der Waals surface area contributed by atoms with Crippen molar-refractivity contribution in [3.63, 3.8) is 0 Å². The number of carbonyl (C=O) groups excluding carboxylic acids is 1. The second-order valence-electron chi connectivity index (χ2n) is 5.50. The number of rotatable bonds is 2. The Labute approximate surface area is 154 Å². The highest BCUT2D eigenvalue weighted by Crippen LogP contribution is 2.28. The molecule has 1 amide bonds. The Hall–Kier alpha value is -3.12. The predicted octanol–water partition coefficient (Wildman–Crippen LogP) is 3.05. The summed E-state index contributed by atoms with van der Waals surface area (Å²) in [5.74, 6) is -0.863. The Kier molecular flexibility index (Phi) is 2.78. The third-order valence-corrected chi connectivity index (χ3v) is 3.91. The molecule has 0 aliphatic carbocycles. The lowest BCUT2D eigenvalue weighted by atomic mass is 10.2. The molecule has 0 atom stereocenters. The van der Waals surface area contributed by atoms with Crippen molar-refractivity contribution < 1.29 is 15.0 Å². The number of aromatic amines is 1. The highest BCUT2D eigenvalue weighted by Gasteiger charge is 2.28. The van der Waals surface area contributed by atoms with Gasteiger partial charge in [-0.2, -0.15) is 4.57 Å². The zero-order valence-corrected chi connectivity index (χ0v) is 13.9. The summed E-state index contributed by atoms with van der Waals surface area (Å²) in [6, 6.07) is 10.9. The third-order valence-electron chi connectivity index (χ3n) is 3.68. The van der Waals surface area contributed by atoms with Crippen LogP contribution in [0.1, 0.15) is 12.8 Å². The van der Waals surface area contributed by atoms with E-state index in [1.807, 2.05) is 6.92 Å². The molecular weight excluding hydrogens is 338 g/mol. The van der Waals surface area contributed by atoms with E-state index in [0.29, 0.717) is 27.4 Å². The van der Waals surface area contributed by atoms with Crippen molar-refractivity contribution in [1.29, 1.82) is 0 Å². The Bertz CT molecular complexity index is 1160. The van der Waals surface area contributed by atoms with E-state index in [4.69, 9.17) is 17.2 Å². The summed E-state index contributed by atoms with van der Waals surface area (Å²) in [5, 5.41) is 6.63. The predicted molar refractivity (Wildman–Crippen MR) is 96.5 cm³/mol. The molecule has 1 aliphatic heterocycles. The SMILES string of the molecule is [2H]/C(C(=O)N([2H])c1ccc(C)cc1)=C1\c2nn([2H])c[n+]2-c2ccc(Cl)cc2N1[2H]. The maximum Gasteiger partial charge on any atom is 0.330 e. The number of carbonyl (C=O) groups is 1. The number of fused-ring (bicyclic) bond motifs is 3. The second kappa shape index (κ2) is 6.07. The summed E-state index contributed by atoms with van der Waals surface area (Å²) in [5.41, 5.74) is 1.96. The topological polar surface area (TPSA) is 73.7 Å². The van der Waals surface area contributed by atoms with E-state index in [1.54, 1.807) is 36.4 Å². The van der Waals surface area contributed by atoms with Crippen molar-refractivity contribution >= 4 is 34.6 Å². The second-order valence-corrected chi connectivity index (χ2v) is 5.93. The number of amides is 1. The molecule has 0 unspecified atom stereocenters. The third kappa shape index (κ3) is 2.99. The minimum atomic E-state index is -0.933. The molecule has 2 heterocycles. The van der Waals surface area contributed by atoms with Gasteiger partial charge in [-0.1, -0.05) is 29.3 Å². The van der Waals surface area contributed by atoms with Crippen molar-refractivity contribution in [3.05, 3.63) is 71.3 Å². The van der Waals surface area contributed by atoms with Crippen LogP contribution in [0.5, 0.6) is 0 Å². The average Bonchev–Trinajstić information content (AvgIpc) is 3.08. The highest BCUT2D eigenvalue weighted by atomic mass is 35.5. The maximum atomic E-state index is 12.8. The van der Waals surface area contributed by atoms with Gasteiger partial charge in [-0.3, -0.25) is 4.79 Å². The number of halogens is 1. The van der Waals surface area contributed by atoms with Crippen LogP contribution in [-0.4, -0.2) is 16.1 Å². The largest absolute Gasteiger partial charge is 0.347 e. The van der Waals surface area contributed by atoms with Gasteiger partial charge < -0.3 is 10.6 Å². The van der Waals surface area contributed by atoms with Crippen molar-refractivity contribution in [2.75, 3.05) is 10.6 Å². The number of aryl methyl sites for hydroxylation is 1. The Morgan fingerprint density at radius 3 is 3.00 bits per heavy atom. The summed E-state index contributed by atoms with van der Waals surface area (Å²) >= 11 is 6.06. The van der Waals surface area contributed by atoms with E-state index in [-0.39, 0.29) is 11.5 Å². The first-order valence-electron chi connectivity index (χ1n) is 9.33. The Balaban J connectivity index is 1.85. The fourth-order valence-electron chi connectivity index (χ4n) is 2.48. The standard InChI is InChI=1S/C18H14ClN5O/c1-11-2-5-13(6-3-11)21-17(25)9-15-18-23-20-10-24(18)16-7-4-12(19)8-14(16)22-15/h2-10H,1H3,(H2,21,22,25)/p+1/i9D/hD3. The summed E-state index contributed by atoms with van der Waals surface area (Å²) in [7, 11) is 0. The normalized spacial score (nSPS) is 16.8. The first kappa shape index (κ1) is 11.4. The van der Waals surface area contributed by atoms with Gasteiger partial charge in [0, 0.05) is 21.9 Å². The molecule has 0 saturated carbocycles. The van der Waals surface area contributed by atoms with Gasteiger partial charge >= 0.3 is 7.24 Å². The van der Waals surface area contributed by atoms with Crippen LogP contribution in [0.4, 0.5) is 11.4 Å². The Morgan fingerprint density at radius 1 is 1.40 bits per heavy atom. The highest BCUT2D eigenvalue weighted by molar-refractivity contribution is 6.31. The first-order valence-corrected chi connectivity index (χ1v) is 7.86. The van der Waals surface area contributed by atoms with Crippen molar-refractivity contribution in [2.45, 2.75) is 6.92 Å². The lowest BCUT2D eigenvalue weighted by molar-refractivity contribution is -0.598. The lowest BCUT2D eigenvalue weighted by Gasteiger charge is -2.17. The molecule has 3 aromatic rings. The van der Waals surface area contributed by atoms with Crippen LogP contribution in [0.15, 0.2) is 54.8 Å². The molecule has 124 valence electrons. The van der Waals surface area contributed by atoms with Crippen LogP contribution in [-0.2, 0) is 4.79 Å². The summed E-state index contributed by atoms with van der Waals surface area (Å²) in [4.78, 5) is 12.8. The number of anilines is 2. The monoisotopic (exact) mass is 356 g/mol. The number of hydrogen-bond acceptors (Lipinski definition) is 3. The smallest absolute Gasteiger partial charge is 0.330 e. The van der Waals surface area contributed by atoms with Crippen LogP contribution in [0.2, 0.25) is 9.26 Å². The zero-order chi connectivity index (χ0) is 20.9.